The highest BCUT2D eigenvalue weighted by molar-refractivity contribution is 8.22. The van der Waals surface area contributed by atoms with Crippen molar-refractivity contribution in [3.8, 4) is 0 Å². The van der Waals surface area contributed by atoms with Crippen LogP contribution in [0.2, 0.25) is 0 Å². The van der Waals surface area contributed by atoms with Crippen LogP contribution in [0.4, 0.5) is 0 Å². The summed E-state index contributed by atoms with van der Waals surface area (Å²) in [7, 11) is -2.76. The number of rotatable bonds is 8. The van der Waals surface area contributed by atoms with Crippen molar-refractivity contribution in [3.05, 3.63) is 0 Å². The Balaban J connectivity index is 1.99. The Morgan fingerprint density at radius 2 is 2.05 bits per heavy atom. The van der Waals surface area contributed by atoms with Gasteiger partial charge in [0, 0.05) is 12.3 Å². The minimum absolute atomic E-state index is 0.244. The average molecular weight is 324 g/mol. The molecule has 1 fully saturated rings. The molecule has 1 heterocycles. The summed E-state index contributed by atoms with van der Waals surface area (Å²) in [4.78, 5) is 0. The lowest BCUT2D eigenvalue weighted by molar-refractivity contribution is 0.575. The molecule has 1 unspecified atom stereocenters. The first-order chi connectivity index (χ1) is 9.03. The molecule has 1 atom stereocenters. The minimum atomic E-state index is -2.76. The highest BCUT2D eigenvalue weighted by atomic mass is 32.2. The summed E-state index contributed by atoms with van der Waals surface area (Å²) in [5.41, 5.74) is 0. The largest absolute Gasteiger partial charge is 0.371 e. The second kappa shape index (κ2) is 9.19. The molecule has 1 aliphatic heterocycles. The lowest BCUT2D eigenvalue weighted by atomic mass is 10.1. The molecule has 0 saturated carbocycles. The Bertz CT molecular complexity index is 368. The van der Waals surface area contributed by atoms with Gasteiger partial charge in [-0.3, -0.25) is 0 Å². The number of thiocarbonyl (C=S) groups is 1. The van der Waals surface area contributed by atoms with Gasteiger partial charge in [0.05, 0.1) is 11.5 Å². The SMILES string of the molecule is CCCCCCCSC(=S)NCC1CCS(=O)(=O)C1. The molecule has 1 saturated heterocycles. The van der Waals surface area contributed by atoms with Crippen LogP contribution in [0.1, 0.15) is 45.4 Å². The van der Waals surface area contributed by atoms with Gasteiger partial charge in [-0.1, -0.05) is 56.6 Å². The number of unbranched alkanes of at least 4 members (excludes halogenated alkanes) is 4. The van der Waals surface area contributed by atoms with Crippen LogP contribution in [0.3, 0.4) is 0 Å². The molecule has 0 radical (unpaired) electrons. The Kier molecular flexibility index (Phi) is 8.34. The van der Waals surface area contributed by atoms with Crippen LogP contribution >= 0.6 is 24.0 Å². The van der Waals surface area contributed by atoms with E-state index in [1.165, 1.54) is 32.1 Å². The van der Waals surface area contributed by atoms with Crippen LogP contribution in [-0.4, -0.2) is 36.5 Å². The molecule has 0 bridgehead atoms. The quantitative estimate of drug-likeness (QED) is 0.549. The predicted octanol–water partition coefficient (Wildman–Crippen LogP) is 3.00. The minimum Gasteiger partial charge on any atom is -0.371 e. The van der Waals surface area contributed by atoms with Crippen molar-refractivity contribution < 1.29 is 8.42 Å². The predicted molar refractivity (Wildman–Crippen MR) is 88.6 cm³/mol. The second-order valence-electron chi connectivity index (χ2n) is 5.20. The lowest BCUT2D eigenvalue weighted by Gasteiger charge is -2.11. The average Bonchev–Trinajstić information content (AvgIpc) is 2.71. The van der Waals surface area contributed by atoms with E-state index in [2.05, 4.69) is 12.2 Å². The maximum atomic E-state index is 11.3. The van der Waals surface area contributed by atoms with Crippen LogP contribution < -0.4 is 5.32 Å². The van der Waals surface area contributed by atoms with E-state index in [1.807, 2.05) is 0 Å². The molecular formula is C13H25NO2S3. The summed E-state index contributed by atoms with van der Waals surface area (Å²) in [5.74, 6) is 1.98. The van der Waals surface area contributed by atoms with E-state index in [1.54, 1.807) is 11.8 Å². The van der Waals surface area contributed by atoms with Crippen molar-refractivity contribution >= 4 is 38.1 Å². The molecule has 0 spiro atoms. The van der Waals surface area contributed by atoms with Crippen LogP contribution in [0.5, 0.6) is 0 Å². The van der Waals surface area contributed by atoms with Crippen LogP contribution in [-0.2, 0) is 9.84 Å². The van der Waals surface area contributed by atoms with E-state index in [4.69, 9.17) is 12.2 Å². The summed E-state index contributed by atoms with van der Waals surface area (Å²) in [6.45, 7) is 2.93. The maximum absolute atomic E-state index is 11.3. The second-order valence-corrected chi connectivity index (χ2v) is 9.20. The van der Waals surface area contributed by atoms with Crippen LogP contribution in [0.15, 0.2) is 0 Å². The van der Waals surface area contributed by atoms with Gasteiger partial charge >= 0.3 is 0 Å². The van der Waals surface area contributed by atoms with Gasteiger partial charge in [-0.25, -0.2) is 8.42 Å². The summed E-state index contributed by atoms with van der Waals surface area (Å²) in [6, 6.07) is 0. The third-order valence-electron chi connectivity index (χ3n) is 3.34. The topological polar surface area (TPSA) is 46.2 Å². The molecule has 0 aromatic rings. The number of sulfone groups is 1. The molecule has 1 N–H and O–H groups in total. The van der Waals surface area contributed by atoms with E-state index in [0.717, 1.165) is 16.5 Å². The molecule has 6 heteroatoms. The van der Waals surface area contributed by atoms with Crippen molar-refractivity contribution in [2.24, 2.45) is 5.92 Å². The van der Waals surface area contributed by atoms with Gasteiger partial charge in [-0.05, 0) is 18.8 Å². The van der Waals surface area contributed by atoms with Crippen molar-refractivity contribution in [2.75, 3.05) is 23.8 Å². The van der Waals surface area contributed by atoms with E-state index < -0.39 is 9.84 Å². The van der Waals surface area contributed by atoms with Gasteiger partial charge in [-0.15, -0.1) is 0 Å². The Morgan fingerprint density at radius 3 is 2.68 bits per heavy atom. The lowest BCUT2D eigenvalue weighted by Crippen LogP contribution is -2.26. The monoisotopic (exact) mass is 323 g/mol. The normalized spacial score (nSPS) is 21.4. The Morgan fingerprint density at radius 1 is 1.32 bits per heavy atom. The first-order valence-corrected chi connectivity index (χ1v) is 10.4. The molecule has 0 amide bonds. The number of hydrogen-bond donors (Lipinski definition) is 1. The molecule has 112 valence electrons. The van der Waals surface area contributed by atoms with Gasteiger partial charge in [0.1, 0.15) is 4.32 Å². The summed E-state index contributed by atoms with van der Waals surface area (Å²) >= 11 is 6.94. The van der Waals surface area contributed by atoms with Gasteiger partial charge in [0.2, 0.25) is 0 Å². The van der Waals surface area contributed by atoms with Gasteiger partial charge in [0.25, 0.3) is 0 Å². The Labute approximate surface area is 127 Å². The molecule has 3 nitrogen and oxygen atoms in total. The summed E-state index contributed by atoms with van der Waals surface area (Å²) in [6.07, 6.45) is 7.19. The smallest absolute Gasteiger partial charge is 0.150 e. The maximum Gasteiger partial charge on any atom is 0.150 e. The zero-order chi connectivity index (χ0) is 14.1. The van der Waals surface area contributed by atoms with Crippen LogP contribution in [0.25, 0.3) is 0 Å². The standard InChI is InChI=1S/C13H25NO2S3/c1-2-3-4-5-6-8-18-13(17)14-10-12-7-9-19(15,16)11-12/h12H,2-11H2,1H3,(H,14,17). The molecular weight excluding hydrogens is 298 g/mol. The van der Waals surface area contributed by atoms with Crippen LogP contribution in [0, 0.1) is 5.92 Å². The first kappa shape index (κ1) is 17.2. The Hall–Kier alpha value is 0.190. The number of hydrogen-bond acceptors (Lipinski definition) is 4. The number of thioether (sulfide) groups is 1. The molecule has 0 aliphatic carbocycles. The van der Waals surface area contributed by atoms with E-state index in [0.29, 0.717) is 18.1 Å². The van der Waals surface area contributed by atoms with E-state index >= 15 is 0 Å². The first-order valence-electron chi connectivity index (χ1n) is 7.14. The molecule has 0 aromatic carbocycles. The van der Waals surface area contributed by atoms with Crippen molar-refractivity contribution in [1.29, 1.82) is 0 Å². The van der Waals surface area contributed by atoms with E-state index in [9.17, 15) is 8.42 Å². The van der Waals surface area contributed by atoms with Gasteiger partial charge < -0.3 is 5.32 Å². The van der Waals surface area contributed by atoms with Gasteiger partial charge in [0.15, 0.2) is 9.84 Å². The van der Waals surface area contributed by atoms with Crippen molar-refractivity contribution in [3.63, 3.8) is 0 Å². The number of nitrogens with one attached hydrogen (secondary N) is 1. The fraction of sp³-hybridized carbons (Fsp3) is 0.923. The van der Waals surface area contributed by atoms with Crippen molar-refractivity contribution in [1.82, 2.24) is 5.32 Å². The summed E-state index contributed by atoms with van der Waals surface area (Å²) < 4.78 is 23.5. The molecule has 1 rings (SSSR count). The van der Waals surface area contributed by atoms with Crippen molar-refractivity contribution in [2.45, 2.75) is 45.4 Å². The fourth-order valence-corrected chi connectivity index (χ4v) is 5.10. The molecule has 0 aromatic heterocycles. The highest BCUT2D eigenvalue weighted by Crippen LogP contribution is 2.18. The third kappa shape index (κ3) is 8.15. The highest BCUT2D eigenvalue weighted by Gasteiger charge is 2.27. The summed E-state index contributed by atoms with van der Waals surface area (Å²) in [5, 5.41) is 3.19. The zero-order valence-electron chi connectivity index (χ0n) is 11.7. The molecule has 19 heavy (non-hydrogen) atoms. The molecule has 1 aliphatic rings. The van der Waals surface area contributed by atoms with E-state index in [-0.39, 0.29) is 5.92 Å². The van der Waals surface area contributed by atoms with Gasteiger partial charge in [-0.2, -0.15) is 0 Å². The third-order valence-corrected chi connectivity index (χ3v) is 6.58. The zero-order valence-corrected chi connectivity index (χ0v) is 14.1. The fourth-order valence-electron chi connectivity index (χ4n) is 2.18.